The molecule has 2 fully saturated rings. The second-order valence-corrected chi connectivity index (χ2v) is 6.32. The third-order valence-electron chi connectivity index (χ3n) is 4.63. The van der Waals surface area contributed by atoms with Crippen LogP contribution in [0.5, 0.6) is 0 Å². The van der Waals surface area contributed by atoms with Gasteiger partial charge in [-0.3, -0.25) is 4.98 Å². The van der Waals surface area contributed by atoms with E-state index in [0.717, 1.165) is 30.2 Å². The second kappa shape index (κ2) is 4.94. The van der Waals surface area contributed by atoms with Crippen molar-refractivity contribution in [2.24, 2.45) is 0 Å². The van der Waals surface area contributed by atoms with Crippen molar-refractivity contribution in [1.82, 2.24) is 24.9 Å². The normalized spacial score (nSPS) is 18.2. The topological polar surface area (TPSA) is 67.7 Å². The van der Waals surface area contributed by atoms with Crippen molar-refractivity contribution < 1.29 is 0 Å². The van der Waals surface area contributed by atoms with Crippen molar-refractivity contribution in [3.63, 3.8) is 0 Å². The molecular formula is C17H16N6. The summed E-state index contributed by atoms with van der Waals surface area (Å²) in [6.07, 6.45) is 9.95. The van der Waals surface area contributed by atoms with Gasteiger partial charge in [0.25, 0.3) is 0 Å². The molecule has 2 aliphatic rings. The fourth-order valence-corrected chi connectivity index (χ4v) is 3.04. The van der Waals surface area contributed by atoms with Crippen LogP contribution in [0.2, 0.25) is 0 Å². The van der Waals surface area contributed by atoms with E-state index in [1.807, 2.05) is 24.5 Å². The fraction of sp³-hybridized carbons (Fsp3) is 0.353. The molecule has 5 rings (SSSR count). The number of anilines is 1. The molecule has 114 valence electrons. The first-order chi connectivity index (χ1) is 11.4. The van der Waals surface area contributed by atoms with Crippen LogP contribution < -0.4 is 4.90 Å². The lowest BCUT2D eigenvalue weighted by molar-refractivity contribution is 0.496. The number of nitrogens with zero attached hydrogens (tertiary/aromatic N) is 6. The SMILES string of the molecule is c1cnc2nc(N3CC(c4ncc(C5CC5)cn4)C3)ccc2n1. The van der Waals surface area contributed by atoms with Gasteiger partial charge < -0.3 is 4.90 Å². The molecule has 3 aromatic heterocycles. The Labute approximate surface area is 133 Å². The second-order valence-electron chi connectivity index (χ2n) is 6.32. The first-order valence-electron chi connectivity index (χ1n) is 8.01. The molecule has 0 unspecified atom stereocenters. The summed E-state index contributed by atoms with van der Waals surface area (Å²) in [5.41, 5.74) is 2.81. The van der Waals surface area contributed by atoms with E-state index in [9.17, 15) is 0 Å². The lowest BCUT2D eigenvalue weighted by Crippen LogP contribution is -2.46. The number of aromatic nitrogens is 5. The van der Waals surface area contributed by atoms with Crippen LogP contribution in [0.15, 0.2) is 36.9 Å². The maximum absolute atomic E-state index is 4.58. The maximum atomic E-state index is 4.58. The van der Waals surface area contributed by atoms with E-state index in [0.29, 0.717) is 17.5 Å². The summed E-state index contributed by atoms with van der Waals surface area (Å²) in [6, 6.07) is 3.98. The number of fused-ring (bicyclic) bond motifs is 1. The highest BCUT2D eigenvalue weighted by molar-refractivity contribution is 5.71. The minimum absolute atomic E-state index is 0.391. The maximum Gasteiger partial charge on any atom is 0.180 e. The zero-order chi connectivity index (χ0) is 15.2. The van der Waals surface area contributed by atoms with Gasteiger partial charge in [-0.15, -0.1) is 0 Å². The third kappa shape index (κ3) is 2.30. The minimum Gasteiger partial charge on any atom is -0.355 e. The Kier molecular flexibility index (Phi) is 2.76. The Morgan fingerprint density at radius 1 is 0.870 bits per heavy atom. The largest absolute Gasteiger partial charge is 0.355 e. The minimum atomic E-state index is 0.391. The lowest BCUT2D eigenvalue weighted by Gasteiger charge is -2.39. The summed E-state index contributed by atoms with van der Waals surface area (Å²) in [4.78, 5) is 24.5. The van der Waals surface area contributed by atoms with E-state index in [1.54, 1.807) is 12.4 Å². The summed E-state index contributed by atoms with van der Waals surface area (Å²) in [7, 11) is 0. The van der Waals surface area contributed by atoms with E-state index in [4.69, 9.17) is 0 Å². The Balaban J connectivity index is 1.31. The highest BCUT2D eigenvalue weighted by Crippen LogP contribution is 2.39. The van der Waals surface area contributed by atoms with Crippen LogP contribution in [0.25, 0.3) is 11.2 Å². The highest BCUT2D eigenvalue weighted by Gasteiger charge is 2.32. The Hall–Kier alpha value is -2.63. The lowest BCUT2D eigenvalue weighted by atomic mass is 9.99. The van der Waals surface area contributed by atoms with E-state index in [2.05, 4.69) is 29.8 Å². The van der Waals surface area contributed by atoms with Crippen LogP contribution in [0.3, 0.4) is 0 Å². The molecule has 0 aromatic carbocycles. The standard InChI is InChI=1S/C17H16N6/c1-2-11(1)12-7-20-16(21-8-12)13-9-23(10-13)15-4-3-14-17(22-15)19-6-5-18-14/h3-8,11,13H,1-2,9-10H2. The average molecular weight is 304 g/mol. The molecule has 0 spiro atoms. The third-order valence-corrected chi connectivity index (χ3v) is 4.63. The molecule has 3 aromatic rings. The molecule has 1 saturated heterocycles. The van der Waals surface area contributed by atoms with E-state index < -0.39 is 0 Å². The summed E-state index contributed by atoms with van der Waals surface area (Å²) in [5, 5.41) is 0. The molecule has 1 saturated carbocycles. The van der Waals surface area contributed by atoms with Gasteiger partial charge in [0.05, 0.1) is 5.92 Å². The monoisotopic (exact) mass is 304 g/mol. The molecule has 0 amide bonds. The smallest absolute Gasteiger partial charge is 0.180 e. The number of pyridine rings is 1. The van der Waals surface area contributed by atoms with Crippen LogP contribution in [0.4, 0.5) is 5.82 Å². The van der Waals surface area contributed by atoms with Gasteiger partial charge in [0, 0.05) is 37.9 Å². The zero-order valence-electron chi connectivity index (χ0n) is 12.6. The molecule has 23 heavy (non-hydrogen) atoms. The molecule has 0 atom stereocenters. The van der Waals surface area contributed by atoms with Gasteiger partial charge in [0.1, 0.15) is 17.2 Å². The van der Waals surface area contributed by atoms with Crippen molar-refractivity contribution in [2.45, 2.75) is 24.7 Å². The van der Waals surface area contributed by atoms with Gasteiger partial charge >= 0.3 is 0 Å². The molecule has 1 aliphatic heterocycles. The Bertz CT molecular complexity index is 852. The van der Waals surface area contributed by atoms with Gasteiger partial charge in [-0.2, -0.15) is 0 Å². The van der Waals surface area contributed by atoms with Crippen LogP contribution in [0, 0.1) is 0 Å². The Morgan fingerprint density at radius 3 is 2.43 bits per heavy atom. The van der Waals surface area contributed by atoms with Crippen LogP contribution in [0.1, 0.15) is 36.1 Å². The van der Waals surface area contributed by atoms with Crippen molar-refractivity contribution in [3.8, 4) is 0 Å². The average Bonchev–Trinajstić information content (AvgIpc) is 3.39. The number of hydrogen-bond donors (Lipinski definition) is 0. The molecule has 4 heterocycles. The summed E-state index contributed by atoms with van der Waals surface area (Å²) >= 11 is 0. The van der Waals surface area contributed by atoms with Crippen molar-refractivity contribution in [3.05, 3.63) is 48.3 Å². The van der Waals surface area contributed by atoms with Gasteiger partial charge in [-0.05, 0) is 36.5 Å². The zero-order valence-corrected chi connectivity index (χ0v) is 12.6. The van der Waals surface area contributed by atoms with Gasteiger partial charge in [-0.25, -0.2) is 19.9 Å². The molecule has 6 heteroatoms. The summed E-state index contributed by atoms with van der Waals surface area (Å²) in [6.45, 7) is 1.81. The molecule has 6 nitrogen and oxygen atoms in total. The fourth-order valence-electron chi connectivity index (χ4n) is 3.04. The van der Waals surface area contributed by atoms with Crippen LogP contribution in [-0.4, -0.2) is 38.0 Å². The summed E-state index contributed by atoms with van der Waals surface area (Å²) < 4.78 is 0. The van der Waals surface area contributed by atoms with Gasteiger partial charge in [0.15, 0.2) is 5.65 Å². The highest BCUT2D eigenvalue weighted by atomic mass is 15.3. The molecule has 0 bridgehead atoms. The van der Waals surface area contributed by atoms with Crippen LogP contribution in [-0.2, 0) is 0 Å². The Morgan fingerprint density at radius 2 is 1.65 bits per heavy atom. The van der Waals surface area contributed by atoms with Crippen LogP contribution >= 0.6 is 0 Å². The van der Waals surface area contributed by atoms with Gasteiger partial charge in [-0.1, -0.05) is 0 Å². The first kappa shape index (κ1) is 12.9. The quantitative estimate of drug-likeness (QED) is 0.739. The van der Waals surface area contributed by atoms with Crippen molar-refractivity contribution in [2.75, 3.05) is 18.0 Å². The first-order valence-corrected chi connectivity index (χ1v) is 8.01. The van der Waals surface area contributed by atoms with E-state index >= 15 is 0 Å². The molecular weight excluding hydrogens is 288 g/mol. The van der Waals surface area contributed by atoms with E-state index in [-0.39, 0.29) is 0 Å². The predicted molar refractivity (Wildman–Crippen MR) is 86.3 cm³/mol. The van der Waals surface area contributed by atoms with Gasteiger partial charge in [0.2, 0.25) is 0 Å². The number of hydrogen-bond acceptors (Lipinski definition) is 6. The molecule has 0 N–H and O–H groups in total. The molecule has 0 radical (unpaired) electrons. The van der Waals surface area contributed by atoms with Crippen molar-refractivity contribution >= 4 is 17.0 Å². The molecule has 1 aliphatic carbocycles. The van der Waals surface area contributed by atoms with Crippen molar-refractivity contribution in [1.29, 1.82) is 0 Å². The summed E-state index contributed by atoms with van der Waals surface area (Å²) in [5.74, 6) is 3.00. The predicted octanol–water partition coefficient (Wildman–Crippen LogP) is 2.30. The number of rotatable bonds is 3. The van der Waals surface area contributed by atoms with E-state index in [1.165, 1.54) is 18.4 Å².